The second-order valence-corrected chi connectivity index (χ2v) is 6.51. The molecule has 26 heavy (non-hydrogen) atoms. The van der Waals surface area contributed by atoms with E-state index >= 15 is 0 Å². The first kappa shape index (κ1) is 17.6. The molecule has 7 atom stereocenters. The molecule has 1 aromatic rings. The monoisotopic (exact) mass is 371 g/mol. The Morgan fingerprint density at radius 1 is 1.19 bits per heavy atom. The largest absolute Gasteiger partial charge is 0.394 e. The smallest absolute Gasteiger partial charge is 0.165 e. The molecule has 12 nitrogen and oxygen atoms in total. The number of aliphatic hydroxyl groups is 5. The fourth-order valence-corrected chi connectivity index (χ4v) is 3.46. The first-order chi connectivity index (χ1) is 12.4. The van der Waals surface area contributed by atoms with Crippen molar-refractivity contribution in [2.75, 3.05) is 25.2 Å². The van der Waals surface area contributed by atoms with Crippen LogP contribution in [-0.2, 0) is 9.47 Å². The summed E-state index contributed by atoms with van der Waals surface area (Å²) in [7, 11) is 0. The number of aliphatic hydroxyl groups excluding tert-OH is 5. The zero-order valence-corrected chi connectivity index (χ0v) is 13.6. The van der Waals surface area contributed by atoms with E-state index in [4.69, 9.17) is 14.9 Å². The maximum absolute atomic E-state index is 10.2. The van der Waals surface area contributed by atoms with Crippen LogP contribution in [0.4, 0.5) is 5.82 Å². The van der Waals surface area contributed by atoms with E-state index in [0.29, 0.717) is 5.82 Å². The predicted molar refractivity (Wildman–Crippen MR) is 84.1 cm³/mol. The van der Waals surface area contributed by atoms with Crippen LogP contribution in [-0.4, -0.2) is 102 Å². The third-order valence-corrected chi connectivity index (χ3v) is 4.94. The molecule has 0 amide bonds. The fourth-order valence-electron chi connectivity index (χ4n) is 3.46. The summed E-state index contributed by atoms with van der Waals surface area (Å²) in [5.74, 6) is 0.372. The lowest BCUT2D eigenvalue weighted by molar-refractivity contribution is -0.0526. The zero-order valence-electron chi connectivity index (χ0n) is 13.6. The van der Waals surface area contributed by atoms with Crippen LogP contribution in [0.25, 0.3) is 0 Å². The average molecular weight is 371 g/mol. The van der Waals surface area contributed by atoms with Crippen LogP contribution in [0.15, 0.2) is 6.33 Å². The number of fused-ring (bicyclic) bond motifs is 1. The van der Waals surface area contributed by atoms with Gasteiger partial charge in [0, 0.05) is 0 Å². The first-order valence-electron chi connectivity index (χ1n) is 8.20. The maximum Gasteiger partial charge on any atom is 0.165 e. The lowest BCUT2D eigenvalue weighted by Gasteiger charge is -2.35. The van der Waals surface area contributed by atoms with E-state index in [1.54, 1.807) is 0 Å². The van der Waals surface area contributed by atoms with E-state index in [2.05, 4.69) is 10.3 Å². The SMILES string of the molecule is N=C1c2ncn([C@@H]3O[C@H](CO)[C@@H](O)[C@H]3O)c2NCN1[C@@H]1OC[C@@H](O)[C@H]1O. The Labute approximate surface area is 147 Å². The molecule has 4 rings (SSSR count). The lowest BCUT2D eigenvalue weighted by atomic mass is 10.1. The standard InChI is InChI=1S/C14H21N5O7/c15-11-7-12(17-4-18(11)13-8(22)5(21)2-25-13)19(3-16-7)14-10(24)9(23)6(1-20)26-14/h3,5-6,8-10,13-15,17,20-24H,1-2,4H2/t5-,6-,8-,9-,10-,13-,14-/m1/s1. The van der Waals surface area contributed by atoms with Crippen LogP contribution in [0.2, 0.25) is 0 Å². The normalized spacial score (nSPS) is 40.0. The second-order valence-electron chi connectivity index (χ2n) is 6.51. The van der Waals surface area contributed by atoms with E-state index in [1.165, 1.54) is 15.8 Å². The van der Waals surface area contributed by atoms with Gasteiger partial charge in [0.15, 0.2) is 18.3 Å². The second kappa shape index (κ2) is 6.42. The molecule has 0 unspecified atom stereocenters. The highest BCUT2D eigenvalue weighted by Gasteiger charge is 2.46. The Morgan fingerprint density at radius 2 is 1.96 bits per heavy atom. The molecule has 0 aliphatic carbocycles. The molecule has 0 bridgehead atoms. The van der Waals surface area contributed by atoms with Crippen LogP contribution >= 0.6 is 0 Å². The third kappa shape index (κ3) is 2.50. The van der Waals surface area contributed by atoms with Crippen molar-refractivity contribution < 1.29 is 35.0 Å². The van der Waals surface area contributed by atoms with Gasteiger partial charge < -0.3 is 45.2 Å². The fraction of sp³-hybridized carbons (Fsp3) is 0.714. The lowest BCUT2D eigenvalue weighted by Crippen LogP contribution is -2.51. The Balaban J connectivity index is 1.58. The quantitative estimate of drug-likeness (QED) is 0.283. The summed E-state index contributed by atoms with van der Waals surface area (Å²) in [6.07, 6.45) is -6.10. The molecule has 1 aromatic heterocycles. The Hall–Kier alpha value is -1.80. The number of imidazole rings is 1. The number of hydrogen-bond donors (Lipinski definition) is 7. The van der Waals surface area contributed by atoms with Gasteiger partial charge in [-0.2, -0.15) is 0 Å². The zero-order chi connectivity index (χ0) is 18.6. The number of nitrogens with one attached hydrogen (secondary N) is 2. The molecule has 3 aliphatic heterocycles. The maximum atomic E-state index is 10.2. The molecule has 0 aromatic carbocycles. The summed E-state index contributed by atoms with van der Waals surface area (Å²) in [5, 5.41) is 60.3. The Morgan fingerprint density at radius 3 is 2.58 bits per heavy atom. The van der Waals surface area contributed by atoms with Crippen LogP contribution in [0.5, 0.6) is 0 Å². The van der Waals surface area contributed by atoms with Crippen LogP contribution in [0.3, 0.4) is 0 Å². The summed E-state index contributed by atoms with van der Waals surface area (Å²) >= 11 is 0. The van der Waals surface area contributed by atoms with Crippen molar-refractivity contribution in [3.05, 3.63) is 12.0 Å². The van der Waals surface area contributed by atoms with Crippen LogP contribution in [0.1, 0.15) is 11.9 Å². The minimum Gasteiger partial charge on any atom is -0.394 e. The van der Waals surface area contributed by atoms with Gasteiger partial charge in [-0.05, 0) is 0 Å². The van der Waals surface area contributed by atoms with Crippen LogP contribution < -0.4 is 5.32 Å². The summed E-state index contributed by atoms with van der Waals surface area (Å²) in [6, 6.07) is 0. The third-order valence-electron chi connectivity index (χ3n) is 4.94. The van der Waals surface area contributed by atoms with E-state index < -0.39 is 49.6 Å². The first-order valence-corrected chi connectivity index (χ1v) is 8.20. The highest BCUT2D eigenvalue weighted by atomic mass is 16.6. The van der Waals surface area contributed by atoms with Gasteiger partial charge in [-0.1, -0.05) is 0 Å². The van der Waals surface area contributed by atoms with Crippen molar-refractivity contribution in [2.24, 2.45) is 0 Å². The van der Waals surface area contributed by atoms with Crippen molar-refractivity contribution in [2.45, 2.75) is 43.0 Å². The topological polar surface area (TPSA) is 177 Å². The number of hydrogen-bond acceptors (Lipinski definition) is 10. The minimum absolute atomic E-state index is 0.0256. The van der Waals surface area contributed by atoms with E-state index in [0.717, 1.165) is 0 Å². The number of anilines is 1. The number of ether oxygens (including phenoxy) is 2. The van der Waals surface area contributed by atoms with E-state index in [-0.39, 0.29) is 24.8 Å². The summed E-state index contributed by atoms with van der Waals surface area (Å²) < 4.78 is 12.3. The molecule has 7 N–H and O–H groups in total. The van der Waals surface area contributed by atoms with Crippen molar-refractivity contribution >= 4 is 11.7 Å². The van der Waals surface area contributed by atoms with Gasteiger partial charge in [0.25, 0.3) is 0 Å². The highest BCUT2D eigenvalue weighted by molar-refractivity contribution is 6.00. The van der Waals surface area contributed by atoms with E-state index in [9.17, 15) is 25.5 Å². The van der Waals surface area contributed by atoms with Crippen molar-refractivity contribution in [3.8, 4) is 0 Å². The highest BCUT2D eigenvalue weighted by Crippen LogP contribution is 2.34. The van der Waals surface area contributed by atoms with Gasteiger partial charge in [-0.25, -0.2) is 4.98 Å². The molecule has 4 heterocycles. The summed E-state index contributed by atoms with van der Waals surface area (Å²) in [5.41, 5.74) is 0.242. The minimum atomic E-state index is -1.27. The predicted octanol–water partition coefficient (Wildman–Crippen LogP) is -3.42. The molecule has 12 heteroatoms. The molecule has 2 saturated heterocycles. The number of rotatable bonds is 3. The summed E-state index contributed by atoms with van der Waals surface area (Å²) in [4.78, 5) is 5.59. The van der Waals surface area contributed by atoms with Crippen molar-refractivity contribution in [3.63, 3.8) is 0 Å². The number of amidine groups is 1. The van der Waals surface area contributed by atoms with Gasteiger partial charge >= 0.3 is 0 Å². The molecule has 0 saturated carbocycles. The van der Waals surface area contributed by atoms with Gasteiger partial charge in [0.2, 0.25) is 0 Å². The van der Waals surface area contributed by atoms with Crippen molar-refractivity contribution in [1.29, 1.82) is 5.41 Å². The molecule has 0 spiro atoms. The van der Waals surface area contributed by atoms with Gasteiger partial charge in [0.1, 0.15) is 42.0 Å². The molecule has 144 valence electrons. The molecular weight excluding hydrogens is 350 g/mol. The number of aromatic nitrogens is 2. The Kier molecular flexibility index (Phi) is 4.35. The average Bonchev–Trinajstić information content (AvgIpc) is 3.28. The molecule has 3 aliphatic rings. The summed E-state index contributed by atoms with van der Waals surface area (Å²) in [6.45, 7) is -0.373. The van der Waals surface area contributed by atoms with Gasteiger partial charge in [0.05, 0.1) is 26.2 Å². The van der Waals surface area contributed by atoms with Gasteiger partial charge in [-0.3, -0.25) is 9.98 Å². The van der Waals surface area contributed by atoms with Crippen molar-refractivity contribution in [1.82, 2.24) is 14.5 Å². The van der Waals surface area contributed by atoms with E-state index in [1.807, 2.05) is 0 Å². The Bertz CT molecular complexity index is 699. The molecular formula is C14H21N5O7. The number of nitrogens with zero attached hydrogens (tertiary/aromatic N) is 3. The molecule has 2 fully saturated rings. The molecule has 0 radical (unpaired) electrons. The van der Waals surface area contributed by atoms with Gasteiger partial charge in [-0.15, -0.1) is 0 Å². The van der Waals surface area contributed by atoms with Crippen LogP contribution in [0, 0.1) is 5.41 Å².